The fourth-order valence-corrected chi connectivity index (χ4v) is 4.08. The van der Waals surface area contributed by atoms with Crippen molar-refractivity contribution < 1.29 is 9.32 Å². The minimum absolute atomic E-state index is 0.0569. The van der Waals surface area contributed by atoms with E-state index in [2.05, 4.69) is 25.3 Å². The van der Waals surface area contributed by atoms with Gasteiger partial charge in [0.1, 0.15) is 0 Å². The standard InChI is InChI=1S/C25H31N5O2/c1-19-8-6-9-20(2)24(19)26-22(31)18-30-16-14-29(15-17-30)13-7-12-23-27-25(28-32-23)21-10-4-3-5-11-21/h3-6,8-11H,7,12-18H2,1-2H3,(H,26,31). The van der Waals surface area contributed by atoms with E-state index < -0.39 is 0 Å². The Kier molecular flexibility index (Phi) is 7.29. The molecule has 2 heterocycles. The van der Waals surface area contributed by atoms with Crippen LogP contribution in [0, 0.1) is 13.8 Å². The van der Waals surface area contributed by atoms with Gasteiger partial charge in [0, 0.05) is 43.9 Å². The van der Waals surface area contributed by atoms with Gasteiger partial charge in [-0.25, -0.2) is 0 Å². The topological polar surface area (TPSA) is 74.5 Å². The molecule has 0 aliphatic carbocycles. The molecule has 1 saturated heterocycles. The summed E-state index contributed by atoms with van der Waals surface area (Å²) >= 11 is 0. The first kappa shape index (κ1) is 22.2. The number of nitrogens with one attached hydrogen (secondary N) is 1. The van der Waals surface area contributed by atoms with Crippen LogP contribution in [-0.2, 0) is 11.2 Å². The summed E-state index contributed by atoms with van der Waals surface area (Å²) in [7, 11) is 0. The minimum atomic E-state index is 0.0569. The van der Waals surface area contributed by atoms with Crippen LogP contribution in [0.1, 0.15) is 23.4 Å². The van der Waals surface area contributed by atoms with Crippen molar-refractivity contribution in [3.8, 4) is 11.4 Å². The summed E-state index contributed by atoms with van der Waals surface area (Å²) in [5, 5.41) is 7.17. The van der Waals surface area contributed by atoms with Crippen LogP contribution in [0.3, 0.4) is 0 Å². The van der Waals surface area contributed by atoms with E-state index in [9.17, 15) is 4.79 Å². The van der Waals surface area contributed by atoms with E-state index in [1.165, 1.54) is 0 Å². The van der Waals surface area contributed by atoms with Crippen LogP contribution in [-0.4, -0.2) is 65.1 Å². The third-order valence-corrected chi connectivity index (χ3v) is 5.94. The predicted octanol–water partition coefficient (Wildman–Crippen LogP) is 3.54. The number of hydrogen-bond acceptors (Lipinski definition) is 6. The Hall–Kier alpha value is -3.03. The molecule has 7 nitrogen and oxygen atoms in total. The molecule has 1 fully saturated rings. The maximum absolute atomic E-state index is 12.5. The molecule has 1 amide bonds. The van der Waals surface area contributed by atoms with Crippen LogP contribution in [0.25, 0.3) is 11.4 Å². The smallest absolute Gasteiger partial charge is 0.238 e. The van der Waals surface area contributed by atoms with Gasteiger partial charge in [0.2, 0.25) is 17.6 Å². The molecule has 0 unspecified atom stereocenters. The summed E-state index contributed by atoms with van der Waals surface area (Å²) in [5.41, 5.74) is 4.11. The summed E-state index contributed by atoms with van der Waals surface area (Å²) in [4.78, 5) is 21.7. The van der Waals surface area contributed by atoms with Crippen molar-refractivity contribution >= 4 is 11.6 Å². The Labute approximate surface area is 189 Å². The SMILES string of the molecule is Cc1cccc(C)c1NC(=O)CN1CCN(CCCc2nc(-c3ccccc3)no2)CC1. The highest BCUT2D eigenvalue weighted by Crippen LogP contribution is 2.19. The van der Waals surface area contributed by atoms with Crippen molar-refractivity contribution in [1.82, 2.24) is 19.9 Å². The van der Waals surface area contributed by atoms with Crippen LogP contribution in [0.4, 0.5) is 5.69 Å². The third kappa shape index (κ3) is 5.81. The molecule has 0 bridgehead atoms. The normalized spacial score (nSPS) is 15.1. The lowest BCUT2D eigenvalue weighted by molar-refractivity contribution is -0.117. The highest BCUT2D eigenvalue weighted by Gasteiger charge is 2.19. The van der Waals surface area contributed by atoms with E-state index in [0.717, 1.165) is 67.9 Å². The number of nitrogens with zero attached hydrogens (tertiary/aromatic N) is 4. The van der Waals surface area contributed by atoms with Gasteiger partial charge in [-0.1, -0.05) is 53.7 Å². The maximum atomic E-state index is 12.5. The molecule has 2 aromatic carbocycles. The average Bonchev–Trinajstić information content (AvgIpc) is 3.27. The zero-order valence-corrected chi connectivity index (χ0v) is 18.9. The van der Waals surface area contributed by atoms with Crippen molar-refractivity contribution in [2.75, 3.05) is 44.6 Å². The lowest BCUT2D eigenvalue weighted by Gasteiger charge is -2.34. The number of piperazine rings is 1. The molecule has 1 aliphatic rings. The van der Waals surface area contributed by atoms with Gasteiger partial charge in [-0.2, -0.15) is 4.98 Å². The fourth-order valence-electron chi connectivity index (χ4n) is 4.08. The number of para-hydroxylation sites is 1. The van der Waals surface area contributed by atoms with E-state index >= 15 is 0 Å². The molecule has 1 aliphatic heterocycles. The monoisotopic (exact) mass is 433 g/mol. The molecule has 168 valence electrons. The molecule has 0 atom stereocenters. The second-order valence-electron chi connectivity index (χ2n) is 8.41. The van der Waals surface area contributed by atoms with Crippen LogP contribution in [0.15, 0.2) is 53.1 Å². The van der Waals surface area contributed by atoms with Crippen LogP contribution < -0.4 is 5.32 Å². The van der Waals surface area contributed by atoms with Gasteiger partial charge in [0.15, 0.2) is 0 Å². The third-order valence-electron chi connectivity index (χ3n) is 5.94. The number of anilines is 1. The molecule has 0 radical (unpaired) electrons. The van der Waals surface area contributed by atoms with E-state index in [0.29, 0.717) is 18.3 Å². The summed E-state index contributed by atoms with van der Waals surface area (Å²) < 4.78 is 5.40. The zero-order valence-electron chi connectivity index (χ0n) is 18.9. The number of aryl methyl sites for hydroxylation is 3. The molecule has 0 spiro atoms. The van der Waals surface area contributed by atoms with Gasteiger partial charge >= 0.3 is 0 Å². The summed E-state index contributed by atoms with van der Waals surface area (Å²) in [6.45, 7) is 9.22. The molecule has 1 N–H and O–H groups in total. The Balaban J connectivity index is 1.16. The van der Waals surface area contributed by atoms with Crippen LogP contribution in [0.2, 0.25) is 0 Å². The van der Waals surface area contributed by atoms with Gasteiger partial charge in [-0.15, -0.1) is 0 Å². The second-order valence-corrected chi connectivity index (χ2v) is 8.41. The van der Waals surface area contributed by atoms with Crippen LogP contribution >= 0.6 is 0 Å². The second kappa shape index (κ2) is 10.5. The number of carbonyl (C=O) groups excluding carboxylic acids is 1. The minimum Gasteiger partial charge on any atom is -0.339 e. The van der Waals surface area contributed by atoms with E-state index in [1.807, 2.05) is 62.4 Å². The predicted molar refractivity (Wildman–Crippen MR) is 125 cm³/mol. The lowest BCUT2D eigenvalue weighted by Crippen LogP contribution is -2.48. The highest BCUT2D eigenvalue weighted by atomic mass is 16.5. The quantitative estimate of drug-likeness (QED) is 0.586. The largest absolute Gasteiger partial charge is 0.339 e. The summed E-state index contributed by atoms with van der Waals surface area (Å²) in [5.74, 6) is 1.39. The maximum Gasteiger partial charge on any atom is 0.238 e. The van der Waals surface area contributed by atoms with Gasteiger partial charge in [-0.3, -0.25) is 9.69 Å². The number of benzene rings is 2. The van der Waals surface area contributed by atoms with Gasteiger partial charge in [0.05, 0.1) is 6.54 Å². The van der Waals surface area contributed by atoms with Crippen molar-refractivity contribution in [3.63, 3.8) is 0 Å². The molecule has 1 aromatic heterocycles. The summed E-state index contributed by atoms with van der Waals surface area (Å²) in [6.07, 6.45) is 1.75. The molecular weight excluding hydrogens is 402 g/mol. The Morgan fingerprint density at radius 3 is 2.38 bits per heavy atom. The number of amides is 1. The van der Waals surface area contributed by atoms with E-state index in [4.69, 9.17) is 4.52 Å². The zero-order chi connectivity index (χ0) is 22.3. The van der Waals surface area contributed by atoms with E-state index in [1.54, 1.807) is 0 Å². The Morgan fingerprint density at radius 2 is 1.66 bits per heavy atom. The molecule has 7 heteroatoms. The van der Waals surface area contributed by atoms with Gasteiger partial charge in [-0.05, 0) is 37.9 Å². The van der Waals surface area contributed by atoms with E-state index in [-0.39, 0.29) is 5.91 Å². The Bertz CT molecular complexity index is 1010. The molecule has 3 aromatic rings. The van der Waals surface area contributed by atoms with Crippen molar-refractivity contribution in [3.05, 3.63) is 65.5 Å². The Morgan fingerprint density at radius 1 is 0.969 bits per heavy atom. The first-order valence-corrected chi connectivity index (χ1v) is 11.3. The van der Waals surface area contributed by atoms with Crippen molar-refractivity contribution in [2.24, 2.45) is 0 Å². The van der Waals surface area contributed by atoms with Crippen molar-refractivity contribution in [1.29, 1.82) is 0 Å². The van der Waals surface area contributed by atoms with Crippen molar-refractivity contribution in [2.45, 2.75) is 26.7 Å². The van der Waals surface area contributed by atoms with Gasteiger partial charge in [0.25, 0.3) is 0 Å². The fraction of sp³-hybridized carbons (Fsp3) is 0.400. The average molecular weight is 434 g/mol. The molecule has 0 saturated carbocycles. The molecule has 32 heavy (non-hydrogen) atoms. The first-order valence-electron chi connectivity index (χ1n) is 11.3. The number of aromatic nitrogens is 2. The summed E-state index contributed by atoms with van der Waals surface area (Å²) in [6, 6.07) is 15.9. The van der Waals surface area contributed by atoms with Crippen LogP contribution in [0.5, 0.6) is 0 Å². The first-order chi connectivity index (χ1) is 15.6. The molecule has 4 rings (SSSR count). The number of hydrogen-bond donors (Lipinski definition) is 1. The highest BCUT2D eigenvalue weighted by molar-refractivity contribution is 5.93. The lowest BCUT2D eigenvalue weighted by atomic mass is 10.1. The number of carbonyl (C=O) groups is 1. The molecular formula is C25H31N5O2. The number of rotatable bonds is 8. The van der Waals surface area contributed by atoms with Gasteiger partial charge < -0.3 is 14.7 Å².